The van der Waals surface area contributed by atoms with Crippen molar-refractivity contribution in [2.45, 2.75) is 6.92 Å². The molecule has 110 valence electrons. The van der Waals surface area contributed by atoms with E-state index in [2.05, 4.69) is 10.3 Å². The van der Waals surface area contributed by atoms with Gasteiger partial charge in [-0.15, -0.1) is 0 Å². The molecule has 7 heteroatoms. The largest absolute Gasteiger partial charge is 0.488 e. The van der Waals surface area contributed by atoms with Gasteiger partial charge in [-0.2, -0.15) is 0 Å². The Kier molecular flexibility index (Phi) is 4.88. The summed E-state index contributed by atoms with van der Waals surface area (Å²) >= 11 is 11.7. The van der Waals surface area contributed by atoms with Crippen LogP contribution in [0.3, 0.4) is 0 Å². The molecule has 2 rings (SSSR count). The van der Waals surface area contributed by atoms with Crippen LogP contribution < -0.4 is 15.5 Å². The Hall–Kier alpha value is -1.98. The van der Waals surface area contributed by atoms with Gasteiger partial charge in [0.05, 0.1) is 16.7 Å². The van der Waals surface area contributed by atoms with Crippen molar-refractivity contribution >= 4 is 34.8 Å². The van der Waals surface area contributed by atoms with Crippen LogP contribution in [0.15, 0.2) is 35.3 Å². The Labute approximate surface area is 130 Å². The van der Waals surface area contributed by atoms with E-state index >= 15 is 0 Å². The maximum absolute atomic E-state index is 12.0. The molecule has 1 aromatic carbocycles. The highest BCUT2D eigenvalue weighted by atomic mass is 35.5. The lowest BCUT2D eigenvalue weighted by Gasteiger charge is -2.07. The van der Waals surface area contributed by atoms with Gasteiger partial charge in [0.2, 0.25) is 5.43 Å². The second-order valence-electron chi connectivity index (χ2n) is 4.09. The van der Waals surface area contributed by atoms with E-state index in [1.54, 1.807) is 19.1 Å². The first kappa shape index (κ1) is 15.4. The lowest BCUT2D eigenvalue weighted by atomic mass is 10.3. The van der Waals surface area contributed by atoms with Crippen molar-refractivity contribution in [1.29, 1.82) is 0 Å². The van der Waals surface area contributed by atoms with E-state index in [9.17, 15) is 9.59 Å². The number of hydrogen-bond acceptors (Lipinski definition) is 3. The van der Waals surface area contributed by atoms with Gasteiger partial charge in [-0.1, -0.05) is 23.2 Å². The summed E-state index contributed by atoms with van der Waals surface area (Å²) in [6.07, 6.45) is 1.36. The van der Waals surface area contributed by atoms with Crippen LogP contribution in [0.5, 0.6) is 5.75 Å². The predicted molar refractivity (Wildman–Crippen MR) is 82.6 cm³/mol. The van der Waals surface area contributed by atoms with E-state index in [0.29, 0.717) is 22.3 Å². The van der Waals surface area contributed by atoms with Gasteiger partial charge in [0.25, 0.3) is 5.91 Å². The maximum atomic E-state index is 12.0. The highest BCUT2D eigenvalue weighted by Crippen LogP contribution is 2.25. The third-order valence-corrected chi connectivity index (χ3v) is 3.34. The summed E-state index contributed by atoms with van der Waals surface area (Å²) in [4.78, 5) is 26.5. The third kappa shape index (κ3) is 3.77. The van der Waals surface area contributed by atoms with Gasteiger partial charge in [-0.25, -0.2) is 0 Å². The van der Waals surface area contributed by atoms with E-state index in [1.807, 2.05) is 0 Å². The Balaban J connectivity index is 2.18. The number of aromatic amines is 1. The van der Waals surface area contributed by atoms with Gasteiger partial charge in [-0.05, 0) is 25.1 Å². The van der Waals surface area contributed by atoms with E-state index in [-0.39, 0.29) is 16.9 Å². The summed E-state index contributed by atoms with van der Waals surface area (Å²) in [7, 11) is 0. The lowest BCUT2D eigenvalue weighted by Crippen LogP contribution is -2.17. The van der Waals surface area contributed by atoms with Crippen molar-refractivity contribution < 1.29 is 9.53 Å². The first-order valence-electron chi connectivity index (χ1n) is 6.13. The van der Waals surface area contributed by atoms with Gasteiger partial charge in [0.15, 0.2) is 5.75 Å². The number of nitrogens with one attached hydrogen (secondary N) is 2. The van der Waals surface area contributed by atoms with Crippen LogP contribution in [-0.4, -0.2) is 17.5 Å². The van der Waals surface area contributed by atoms with E-state index in [0.717, 1.165) is 0 Å². The molecule has 21 heavy (non-hydrogen) atoms. The second-order valence-corrected chi connectivity index (χ2v) is 4.91. The van der Waals surface area contributed by atoms with Crippen LogP contribution in [0.25, 0.3) is 0 Å². The topological polar surface area (TPSA) is 71.2 Å². The molecule has 0 aliphatic heterocycles. The van der Waals surface area contributed by atoms with Gasteiger partial charge in [-0.3, -0.25) is 9.59 Å². The second kappa shape index (κ2) is 6.65. The van der Waals surface area contributed by atoms with Gasteiger partial charge in [0, 0.05) is 18.0 Å². The Morgan fingerprint density at radius 3 is 2.67 bits per heavy atom. The minimum atomic E-state index is -0.464. The number of carbonyl (C=O) groups excluding carboxylic acids is 1. The average Bonchev–Trinajstić information content (AvgIpc) is 2.45. The van der Waals surface area contributed by atoms with E-state index in [4.69, 9.17) is 27.9 Å². The Bertz CT molecular complexity index is 728. The molecule has 0 aliphatic rings. The minimum Gasteiger partial charge on any atom is -0.488 e. The number of H-pyrrole nitrogens is 1. The van der Waals surface area contributed by atoms with Crippen LogP contribution >= 0.6 is 23.2 Å². The minimum absolute atomic E-state index is 0.120. The number of ether oxygens (including phenoxy) is 1. The molecule has 1 heterocycles. The SMILES string of the molecule is CCOc1c[nH]c(C(=O)Nc2ccc(Cl)c(Cl)c2)cc1=O. The molecule has 1 amide bonds. The number of hydrogen-bond donors (Lipinski definition) is 2. The maximum Gasteiger partial charge on any atom is 0.272 e. The average molecular weight is 327 g/mol. The molecule has 1 aromatic heterocycles. The fourth-order valence-corrected chi connectivity index (χ4v) is 1.93. The molecule has 0 fully saturated rings. The third-order valence-electron chi connectivity index (χ3n) is 2.60. The smallest absolute Gasteiger partial charge is 0.272 e. The number of anilines is 1. The van der Waals surface area contributed by atoms with Crippen molar-refractivity contribution in [2.24, 2.45) is 0 Å². The molecule has 0 unspecified atom stereocenters. The van der Waals surface area contributed by atoms with Crippen molar-refractivity contribution in [3.63, 3.8) is 0 Å². The monoisotopic (exact) mass is 326 g/mol. The summed E-state index contributed by atoms with van der Waals surface area (Å²) in [5, 5.41) is 3.33. The van der Waals surface area contributed by atoms with Gasteiger partial charge >= 0.3 is 0 Å². The van der Waals surface area contributed by atoms with Crippen LogP contribution in [0, 0.1) is 0 Å². The number of pyridine rings is 1. The molecular formula is C14H12Cl2N2O3. The number of carbonyl (C=O) groups is 1. The molecule has 0 radical (unpaired) electrons. The van der Waals surface area contributed by atoms with Crippen molar-refractivity contribution in [1.82, 2.24) is 4.98 Å². The van der Waals surface area contributed by atoms with Crippen LogP contribution in [0.1, 0.15) is 17.4 Å². The summed E-state index contributed by atoms with van der Waals surface area (Å²) in [5.41, 5.74) is 0.230. The molecule has 0 bridgehead atoms. The number of aromatic nitrogens is 1. The first-order valence-corrected chi connectivity index (χ1v) is 6.88. The fourth-order valence-electron chi connectivity index (χ4n) is 1.63. The number of amides is 1. The molecule has 5 nitrogen and oxygen atoms in total. The predicted octanol–water partition coefficient (Wildman–Crippen LogP) is 3.33. The highest BCUT2D eigenvalue weighted by Gasteiger charge is 2.10. The number of rotatable bonds is 4. The van der Waals surface area contributed by atoms with Crippen molar-refractivity contribution in [3.05, 3.63) is 56.4 Å². The number of benzene rings is 1. The quantitative estimate of drug-likeness (QED) is 0.905. The molecule has 0 saturated heterocycles. The van der Waals surface area contributed by atoms with Crippen LogP contribution in [0.4, 0.5) is 5.69 Å². The summed E-state index contributed by atoms with van der Waals surface area (Å²) in [6, 6.07) is 5.88. The molecular weight excluding hydrogens is 315 g/mol. The standard InChI is InChI=1S/C14H12Cl2N2O3/c1-2-21-13-7-17-11(6-12(13)19)14(20)18-8-3-4-9(15)10(16)5-8/h3-7H,2H2,1H3,(H,17,19)(H,18,20). The molecule has 0 aliphatic carbocycles. The molecule has 2 aromatic rings. The number of halogens is 2. The fraction of sp³-hybridized carbons (Fsp3) is 0.143. The highest BCUT2D eigenvalue weighted by molar-refractivity contribution is 6.42. The molecule has 0 atom stereocenters. The Morgan fingerprint density at radius 2 is 2.05 bits per heavy atom. The zero-order chi connectivity index (χ0) is 15.4. The molecule has 0 saturated carbocycles. The van der Waals surface area contributed by atoms with E-state index in [1.165, 1.54) is 18.3 Å². The van der Waals surface area contributed by atoms with E-state index < -0.39 is 5.91 Å². The van der Waals surface area contributed by atoms with Crippen molar-refractivity contribution in [2.75, 3.05) is 11.9 Å². The summed E-state index contributed by atoms with van der Waals surface area (Å²) < 4.78 is 5.11. The molecule has 2 N–H and O–H groups in total. The zero-order valence-corrected chi connectivity index (χ0v) is 12.6. The summed E-state index contributed by atoms with van der Waals surface area (Å²) in [5.74, 6) is -0.294. The Morgan fingerprint density at radius 1 is 1.29 bits per heavy atom. The lowest BCUT2D eigenvalue weighted by molar-refractivity contribution is 0.102. The summed E-state index contributed by atoms with van der Waals surface area (Å²) in [6.45, 7) is 2.14. The zero-order valence-electron chi connectivity index (χ0n) is 11.1. The first-order chi connectivity index (χ1) is 10.0. The van der Waals surface area contributed by atoms with Gasteiger partial charge in [0.1, 0.15) is 5.69 Å². The van der Waals surface area contributed by atoms with Gasteiger partial charge < -0.3 is 15.0 Å². The normalized spacial score (nSPS) is 10.2. The van der Waals surface area contributed by atoms with Crippen LogP contribution in [0.2, 0.25) is 10.0 Å². The van der Waals surface area contributed by atoms with Crippen molar-refractivity contribution in [3.8, 4) is 5.75 Å². The van der Waals surface area contributed by atoms with Crippen LogP contribution in [-0.2, 0) is 0 Å². The molecule has 0 spiro atoms.